The number of nitrogens with zero attached hydrogens (tertiary/aromatic N) is 3. The van der Waals surface area contributed by atoms with Crippen molar-refractivity contribution in [1.29, 1.82) is 0 Å². The minimum absolute atomic E-state index is 0.545. The van der Waals surface area contributed by atoms with Gasteiger partial charge in [-0.2, -0.15) is 0 Å². The molecule has 0 saturated carbocycles. The number of hydrogen-bond donors (Lipinski definition) is 0. The highest BCUT2D eigenvalue weighted by atomic mass is 14.8. The molecule has 0 atom stereocenters. The summed E-state index contributed by atoms with van der Waals surface area (Å²) in [6.45, 7) is 0. The fourth-order valence-electron chi connectivity index (χ4n) is 9.31. The van der Waals surface area contributed by atoms with Crippen LogP contribution < -0.4 is 0 Å². The van der Waals surface area contributed by atoms with Crippen molar-refractivity contribution in [1.82, 2.24) is 15.0 Å². The van der Waals surface area contributed by atoms with Gasteiger partial charge in [-0.05, 0) is 109 Å². The van der Waals surface area contributed by atoms with Gasteiger partial charge in [0.2, 0.25) is 0 Å². The molecule has 0 bridgehead atoms. The van der Waals surface area contributed by atoms with E-state index in [-0.39, 0.29) is 0 Å². The summed E-state index contributed by atoms with van der Waals surface area (Å²) in [5.74, 6) is 0. The van der Waals surface area contributed by atoms with E-state index in [1.807, 2.05) is 18.3 Å². The Kier molecular flexibility index (Phi) is 8.37. The molecule has 10 aromatic rings. The van der Waals surface area contributed by atoms with Gasteiger partial charge >= 0.3 is 0 Å². The van der Waals surface area contributed by atoms with Crippen molar-refractivity contribution < 1.29 is 0 Å². The van der Waals surface area contributed by atoms with Crippen LogP contribution in [0.4, 0.5) is 0 Å². The molecule has 0 aliphatic heterocycles. The van der Waals surface area contributed by atoms with Crippen molar-refractivity contribution in [3.05, 3.63) is 247 Å². The van der Waals surface area contributed by atoms with Crippen molar-refractivity contribution in [2.75, 3.05) is 0 Å². The number of pyridine rings is 1. The highest BCUT2D eigenvalue weighted by Crippen LogP contribution is 2.59. The smallest absolute Gasteiger partial charge is 0.116 e. The van der Waals surface area contributed by atoms with E-state index in [2.05, 4.69) is 205 Å². The maximum absolute atomic E-state index is 5.39. The molecule has 276 valence electrons. The monoisotopic (exact) mass is 751 g/mol. The van der Waals surface area contributed by atoms with Gasteiger partial charge in [0.05, 0.1) is 22.5 Å². The van der Waals surface area contributed by atoms with E-state index in [9.17, 15) is 0 Å². The minimum atomic E-state index is -0.545. The Hall–Kier alpha value is -7.75. The SMILES string of the molecule is c1ccc(-c2cc(-c3ccccc3)nc(-c3cc(-c4ccncn4)cc(-c4cc5c(c6ccccc46)-c4ccccc4C5(c4ccccc4)c4ccccc4)c3)c2)cc1. The van der Waals surface area contributed by atoms with Crippen LogP contribution in [0.2, 0.25) is 0 Å². The van der Waals surface area contributed by atoms with Crippen LogP contribution in [-0.4, -0.2) is 15.0 Å². The second-order valence-electron chi connectivity index (χ2n) is 15.2. The molecule has 1 aliphatic rings. The van der Waals surface area contributed by atoms with Crippen LogP contribution in [0, 0.1) is 0 Å². The summed E-state index contributed by atoms with van der Waals surface area (Å²) >= 11 is 0. The lowest BCUT2D eigenvalue weighted by Crippen LogP contribution is -2.28. The van der Waals surface area contributed by atoms with E-state index >= 15 is 0 Å². The second-order valence-corrected chi connectivity index (χ2v) is 15.2. The normalized spacial score (nSPS) is 12.5. The lowest BCUT2D eigenvalue weighted by Gasteiger charge is -2.34. The lowest BCUT2D eigenvalue weighted by atomic mass is 9.67. The third-order valence-electron chi connectivity index (χ3n) is 11.9. The van der Waals surface area contributed by atoms with Crippen LogP contribution >= 0.6 is 0 Å². The molecule has 3 nitrogen and oxygen atoms in total. The Balaban J connectivity index is 1.22. The third-order valence-corrected chi connectivity index (χ3v) is 11.9. The molecule has 8 aromatic carbocycles. The van der Waals surface area contributed by atoms with Crippen LogP contribution in [0.15, 0.2) is 225 Å². The van der Waals surface area contributed by atoms with E-state index in [0.29, 0.717) is 0 Å². The number of hydrogen-bond acceptors (Lipinski definition) is 3. The molecule has 59 heavy (non-hydrogen) atoms. The van der Waals surface area contributed by atoms with Crippen LogP contribution in [0.3, 0.4) is 0 Å². The van der Waals surface area contributed by atoms with Crippen molar-refractivity contribution in [2.24, 2.45) is 0 Å². The first-order valence-corrected chi connectivity index (χ1v) is 20.1. The Labute approximate surface area is 344 Å². The minimum Gasteiger partial charge on any atom is -0.248 e. The topological polar surface area (TPSA) is 38.7 Å². The first-order chi connectivity index (χ1) is 29.3. The zero-order valence-electron chi connectivity index (χ0n) is 32.2. The molecular weight excluding hydrogens is 715 g/mol. The standard InChI is InChI=1S/C56H37N3/c1-5-17-38(18-6-1)40-34-53(39-19-7-2-8-20-39)59-54(35-40)43-32-41(31-42(33-43)52-29-30-57-37-58-52)49-36-51-55(47-26-14-13-25-46(47)49)48-27-15-16-28-50(48)56(51,44-21-9-3-10-22-44)45-23-11-4-12-24-45/h1-37H. The van der Waals surface area contributed by atoms with Gasteiger partial charge in [0, 0.05) is 22.9 Å². The fourth-order valence-corrected chi connectivity index (χ4v) is 9.31. The molecule has 11 rings (SSSR count). The van der Waals surface area contributed by atoms with Gasteiger partial charge in [0.15, 0.2) is 0 Å². The Morgan fingerprint density at radius 3 is 1.54 bits per heavy atom. The average Bonchev–Trinajstić information content (AvgIpc) is 3.63. The molecule has 0 amide bonds. The lowest BCUT2D eigenvalue weighted by molar-refractivity contribution is 0.769. The van der Waals surface area contributed by atoms with Gasteiger partial charge in [0.1, 0.15) is 6.33 Å². The molecule has 2 heterocycles. The molecule has 0 saturated heterocycles. The maximum Gasteiger partial charge on any atom is 0.116 e. The highest BCUT2D eigenvalue weighted by molar-refractivity contribution is 6.10. The molecule has 2 aromatic heterocycles. The molecular formula is C56H37N3. The van der Waals surface area contributed by atoms with Gasteiger partial charge in [-0.3, -0.25) is 0 Å². The van der Waals surface area contributed by atoms with E-state index in [1.165, 1.54) is 44.2 Å². The Bertz CT molecular complexity index is 3030. The molecule has 0 radical (unpaired) electrons. The fraction of sp³-hybridized carbons (Fsp3) is 0.0179. The summed E-state index contributed by atoms with van der Waals surface area (Å²) < 4.78 is 0. The summed E-state index contributed by atoms with van der Waals surface area (Å²) in [4.78, 5) is 14.4. The number of benzene rings is 8. The predicted octanol–water partition coefficient (Wildman–Crippen LogP) is 13.7. The number of aromatic nitrogens is 3. The summed E-state index contributed by atoms with van der Waals surface area (Å²) in [5.41, 5.74) is 17.3. The summed E-state index contributed by atoms with van der Waals surface area (Å²) in [7, 11) is 0. The summed E-state index contributed by atoms with van der Waals surface area (Å²) in [6, 6.07) is 76.7. The van der Waals surface area contributed by atoms with Crippen molar-refractivity contribution in [3.63, 3.8) is 0 Å². The predicted molar refractivity (Wildman–Crippen MR) is 242 cm³/mol. The zero-order chi connectivity index (χ0) is 39.2. The van der Waals surface area contributed by atoms with E-state index in [4.69, 9.17) is 9.97 Å². The molecule has 0 spiro atoms. The summed E-state index contributed by atoms with van der Waals surface area (Å²) in [5, 5.41) is 2.42. The first-order valence-electron chi connectivity index (χ1n) is 20.1. The van der Waals surface area contributed by atoms with Crippen LogP contribution in [-0.2, 0) is 5.41 Å². The Morgan fingerprint density at radius 2 is 0.881 bits per heavy atom. The molecule has 3 heteroatoms. The van der Waals surface area contributed by atoms with E-state index < -0.39 is 5.41 Å². The van der Waals surface area contributed by atoms with E-state index in [1.54, 1.807) is 6.33 Å². The van der Waals surface area contributed by atoms with Crippen LogP contribution in [0.25, 0.3) is 77.9 Å². The Morgan fingerprint density at radius 1 is 0.339 bits per heavy atom. The number of fused-ring (bicyclic) bond motifs is 5. The van der Waals surface area contributed by atoms with Gasteiger partial charge in [-0.15, -0.1) is 0 Å². The van der Waals surface area contributed by atoms with Gasteiger partial charge in [0.25, 0.3) is 0 Å². The van der Waals surface area contributed by atoms with Crippen LogP contribution in [0.1, 0.15) is 22.3 Å². The van der Waals surface area contributed by atoms with Crippen molar-refractivity contribution >= 4 is 10.8 Å². The second kappa shape index (κ2) is 14.3. The molecule has 0 N–H and O–H groups in total. The van der Waals surface area contributed by atoms with Crippen molar-refractivity contribution in [3.8, 4) is 67.2 Å². The molecule has 0 unspecified atom stereocenters. The highest BCUT2D eigenvalue weighted by Gasteiger charge is 2.47. The quantitative estimate of drug-likeness (QED) is 0.163. The molecule has 0 fully saturated rings. The van der Waals surface area contributed by atoms with Crippen molar-refractivity contribution in [2.45, 2.75) is 5.41 Å². The third kappa shape index (κ3) is 5.78. The largest absolute Gasteiger partial charge is 0.248 e. The van der Waals surface area contributed by atoms with E-state index in [0.717, 1.165) is 56.0 Å². The maximum atomic E-state index is 5.39. The number of rotatable bonds is 7. The molecule has 1 aliphatic carbocycles. The first kappa shape index (κ1) is 34.5. The average molecular weight is 752 g/mol. The summed E-state index contributed by atoms with van der Waals surface area (Å²) in [6.07, 6.45) is 3.44. The zero-order valence-corrected chi connectivity index (χ0v) is 32.2. The van der Waals surface area contributed by atoms with Gasteiger partial charge < -0.3 is 0 Å². The van der Waals surface area contributed by atoms with Gasteiger partial charge in [-0.1, -0.05) is 170 Å². The van der Waals surface area contributed by atoms with Crippen LogP contribution in [0.5, 0.6) is 0 Å². The van der Waals surface area contributed by atoms with Gasteiger partial charge in [-0.25, -0.2) is 15.0 Å².